The molecule has 1 aromatic heterocycles. The number of carbonyl (C=O) groups excluding carboxylic acids is 1. The number of ether oxygens (including phenoxy) is 1. The summed E-state index contributed by atoms with van der Waals surface area (Å²) in [6, 6.07) is 11.9. The molecule has 0 aliphatic rings. The Morgan fingerprint density at radius 2 is 2.00 bits per heavy atom. The van der Waals surface area contributed by atoms with E-state index < -0.39 is 12.4 Å². The number of nitriles is 1. The molecule has 0 saturated heterocycles. The van der Waals surface area contributed by atoms with E-state index >= 15 is 0 Å². The molecule has 148 valence electrons. The SMILES string of the molecule is Cc1sc(N(Cc2cc(OC(F)F)ccc2F)c2ccc(C#N)cc2)nc1C=O. The van der Waals surface area contributed by atoms with Crippen LogP contribution in [0.5, 0.6) is 5.75 Å². The van der Waals surface area contributed by atoms with Crippen molar-refractivity contribution in [3.63, 3.8) is 0 Å². The molecule has 0 aliphatic carbocycles. The smallest absolute Gasteiger partial charge is 0.387 e. The van der Waals surface area contributed by atoms with Crippen molar-refractivity contribution in [3.05, 3.63) is 70.0 Å². The molecule has 0 atom stereocenters. The molecule has 3 aromatic rings. The summed E-state index contributed by atoms with van der Waals surface area (Å²) in [7, 11) is 0. The summed E-state index contributed by atoms with van der Waals surface area (Å²) >= 11 is 1.24. The highest BCUT2D eigenvalue weighted by molar-refractivity contribution is 7.15. The van der Waals surface area contributed by atoms with Crippen molar-refractivity contribution < 1.29 is 22.7 Å². The number of benzene rings is 2. The number of hydrogen-bond acceptors (Lipinski definition) is 6. The maximum absolute atomic E-state index is 14.4. The standard InChI is InChI=1S/C20H14F3N3O2S/c1-12-18(11-27)25-20(29-12)26(15-4-2-13(9-24)3-5-15)10-14-8-16(28-19(22)23)6-7-17(14)21/h2-8,11,19H,10H2,1H3. The highest BCUT2D eigenvalue weighted by Gasteiger charge is 2.19. The summed E-state index contributed by atoms with van der Waals surface area (Å²) in [6.45, 7) is -1.34. The maximum atomic E-state index is 14.4. The highest BCUT2D eigenvalue weighted by Crippen LogP contribution is 2.34. The monoisotopic (exact) mass is 417 g/mol. The summed E-state index contributed by atoms with van der Waals surface area (Å²) in [5.74, 6) is -0.769. The molecule has 5 nitrogen and oxygen atoms in total. The van der Waals surface area contributed by atoms with E-state index in [0.717, 1.165) is 12.1 Å². The van der Waals surface area contributed by atoms with Crippen LogP contribution in [0.2, 0.25) is 0 Å². The number of nitrogens with zero attached hydrogens (tertiary/aromatic N) is 3. The van der Waals surface area contributed by atoms with Gasteiger partial charge in [-0.1, -0.05) is 0 Å². The number of halogens is 3. The number of anilines is 2. The van der Waals surface area contributed by atoms with Gasteiger partial charge in [0, 0.05) is 16.1 Å². The predicted molar refractivity (Wildman–Crippen MR) is 102 cm³/mol. The van der Waals surface area contributed by atoms with Crippen LogP contribution in [0.15, 0.2) is 42.5 Å². The van der Waals surface area contributed by atoms with E-state index in [1.807, 2.05) is 6.07 Å². The van der Waals surface area contributed by atoms with Gasteiger partial charge in [0.15, 0.2) is 11.4 Å². The molecule has 1 heterocycles. The average Bonchev–Trinajstić information content (AvgIpc) is 3.08. The van der Waals surface area contributed by atoms with E-state index in [-0.39, 0.29) is 23.6 Å². The van der Waals surface area contributed by atoms with Gasteiger partial charge in [-0.25, -0.2) is 9.37 Å². The Bertz CT molecular complexity index is 1060. The maximum Gasteiger partial charge on any atom is 0.387 e. The Morgan fingerprint density at radius 1 is 1.28 bits per heavy atom. The molecule has 0 unspecified atom stereocenters. The lowest BCUT2D eigenvalue weighted by atomic mass is 10.1. The van der Waals surface area contributed by atoms with Gasteiger partial charge in [0.05, 0.1) is 18.2 Å². The number of carbonyl (C=O) groups is 1. The van der Waals surface area contributed by atoms with E-state index in [2.05, 4.69) is 9.72 Å². The van der Waals surface area contributed by atoms with Crippen LogP contribution in [0, 0.1) is 24.1 Å². The fourth-order valence-corrected chi connectivity index (χ4v) is 3.52. The Labute approximate surface area is 168 Å². The predicted octanol–water partition coefficient (Wildman–Crippen LogP) is 5.21. The molecular formula is C20H14F3N3O2S. The molecule has 0 aliphatic heterocycles. The van der Waals surface area contributed by atoms with E-state index in [9.17, 15) is 18.0 Å². The third kappa shape index (κ3) is 4.73. The fourth-order valence-electron chi connectivity index (χ4n) is 2.62. The van der Waals surface area contributed by atoms with Gasteiger partial charge in [-0.3, -0.25) is 4.79 Å². The minimum Gasteiger partial charge on any atom is -0.435 e. The number of aldehydes is 1. The number of aryl methyl sites for hydroxylation is 1. The zero-order valence-electron chi connectivity index (χ0n) is 15.1. The zero-order chi connectivity index (χ0) is 21.0. The summed E-state index contributed by atoms with van der Waals surface area (Å²) in [6.07, 6.45) is 0.629. The minimum absolute atomic E-state index is 0.0522. The van der Waals surface area contributed by atoms with Crippen LogP contribution < -0.4 is 9.64 Å². The lowest BCUT2D eigenvalue weighted by molar-refractivity contribution is -0.0499. The van der Waals surface area contributed by atoms with Crippen molar-refractivity contribution in [1.29, 1.82) is 5.26 Å². The second-order valence-corrected chi connectivity index (χ2v) is 7.11. The molecule has 0 amide bonds. The summed E-state index contributed by atoms with van der Waals surface area (Å²) < 4.78 is 43.8. The van der Waals surface area contributed by atoms with Crippen LogP contribution in [-0.2, 0) is 6.54 Å². The van der Waals surface area contributed by atoms with Gasteiger partial charge >= 0.3 is 6.61 Å². The van der Waals surface area contributed by atoms with Crippen molar-refractivity contribution >= 4 is 28.4 Å². The van der Waals surface area contributed by atoms with Crippen LogP contribution in [-0.4, -0.2) is 17.9 Å². The zero-order valence-corrected chi connectivity index (χ0v) is 15.9. The first kappa shape index (κ1) is 20.4. The molecule has 3 rings (SSSR count). The topological polar surface area (TPSA) is 66.2 Å². The van der Waals surface area contributed by atoms with E-state index in [0.29, 0.717) is 27.5 Å². The molecule has 0 N–H and O–H groups in total. The summed E-state index contributed by atoms with van der Waals surface area (Å²) in [5.41, 5.74) is 1.40. The molecular weight excluding hydrogens is 403 g/mol. The lowest BCUT2D eigenvalue weighted by Gasteiger charge is -2.23. The Morgan fingerprint density at radius 3 is 2.59 bits per heavy atom. The van der Waals surface area contributed by atoms with E-state index in [4.69, 9.17) is 5.26 Å². The Kier molecular flexibility index (Phi) is 6.14. The number of alkyl halides is 2. The van der Waals surface area contributed by atoms with E-state index in [1.165, 1.54) is 17.4 Å². The Hall–Kier alpha value is -3.38. The largest absolute Gasteiger partial charge is 0.435 e. The highest BCUT2D eigenvalue weighted by atomic mass is 32.1. The molecule has 0 fully saturated rings. The van der Waals surface area contributed by atoms with Gasteiger partial charge in [-0.15, -0.1) is 11.3 Å². The van der Waals surface area contributed by atoms with Crippen molar-refractivity contribution in [1.82, 2.24) is 4.98 Å². The van der Waals surface area contributed by atoms with Crippen molar-refractivity contribution in [2.75, 3.05) is 4.90 Å². The second kappa shape index (κ2) is 8.75. The first-order valence-electron chi connectivity index (χ1n) is 8.35. The molecule has 0 spiro atoms. The number of hydrogen-bond donors (Lipinski definition) is 0. The third-order valence-corrected chi connectivity index (χ3v) is 5.05. The Balaban J connectivity index is 2.03. The molecule has 0 saturated carbocycles. The molecule has 2 aromatic carbocycles. The lowest BCUT2D eigenvalue weighted by Crippen LogP contribution is -2.17. The first-order valence-corrected chi connectivity index (χ1v) is 9.16. The van der Waals surface area contributed by atoms with Crippen molar-refractivity contribution in [3.8, 4) is 11.8 Å². The van der Waals surface area contributed by atoms with E-state index in [1.54, 1.807) is 36.1 Å². The van der Waals surface area contributed by atoms with Gasteiger partial charge in [-0.2, -0.15) is 14.0 Å². The van der Waals surface area contributed by atoms with Gasteiger partial charge in [0.25, 0.3) is 0 Å². The second-order valence-electron chi connectivity index (χ2n) is 5.93. The molecule has 0 bridgehead atoms. The van der Waals surface area contributed by atoms with Crippen molar-refractivity contribution in [2.24, 2.45) is 0 Å². The van der Waals surface area contributed by atoms with Gasteiger partial charge in [0.1, 0.15) is 17.3 Å². The number of aromatic nitrogens is 1. The van der Waals surface area contributed by atoms with Crippen LogP contribution in [0.25, 0.3) is 0 Å². The quantitative estimate of drug-likeness (QED) is 0.494. The average molecular weight is 417 g/mol. The molecule has 9 heteroatoms. The van der Waals surface area contributed by atoms with Crippen LogP contribution >= 0.6 is 11.3 Å². The summed E-state index contributed by atoms with van der Waals surface area (Å²) in [4.78, 5) is 17.8. The van der Waals surface area contributed by atoms with Crippen molar-refractivity contribution in [2.45, 2.75) is 20.1 Å². The van der Waals surface area contributed by atoms with Gasteiger partial charge in [-0.05, 0) is 49.4 Å². The van der Waals surface area contributed by atoms with Crippen LogP contribution in [0.1, 0.15) is 26.5 Å². The normalized spacial score (nSPS) is 10.6. The van der Waals surface area contributed by atoms with Gasteiger partial charge in [0.2, 0.25) is 0 Å². The summed E-state index contributed by atoms with van der Waals surface area (Å²) in [5, 5.41) is 9.42. The number of thiazole rings is 1. The van der Waals surface area contributed by atoms with Crippen LogP contribution in [0.4, 0.5) is 24.0 Å². The van der Waals surface area contributed by atoms with Crippen LogP contribution in [0.3, 0.4) is 0 Å². The van der Waals surface area contributed by atoms with Gasteiger partial charge < -0.3 is 9.64 Å². The fraction of sp³-hybridized carbons (Fsp3) is 0.150. The minimum atomic E-state index is -3.03. The molecule has 29 heavy (non-hydrogen) atoms. The number of rotatable bonds is 7. The first-order chi connectivity index (χ1) is 13.9. The molecule has 0 radical (unpaired) electrons. The third-order valence-electron chi connectivity index (χ3n) is 4.04.